The number of hydrogen-bond acceptors (Lipinski definition) is 9. The predicted molar refractivity (Wildman–Crippen MR) is 122 cm³/mol. The summed E-state index contributed by atoms with van der Waals surface area (Å²) in [6.45, 7) is 1.85. The third-order valence-corrected chi connectivity index (χ3v) is 5.93. The zero-order valence-corrected chi connectivity index (χ0v) is 19.3. The lowest BCUT2D eigenvalue weighted by Gasteiger charge is -2.13. The molecular formula is C20H17BrN4O6S. The molecular weight excluding hydrogens is 504 g/mol. The number of hydrazone groups is 1. The summed E-state index contributed by atoms with van der Waals surface area (Å²) < 4.78 is 36.2. The van der Waals surface area contributed by atoms with Crippen molar-refractivity contribution < 1.29 is 22.3 Å². The van der Waals surface area contributed by atoms with Crippen LogP contribution >= 0.6 is 15.9 Å². The van der Waals surface area contributed by atoms with Crippen LogP contribution in [-0.2, 0) is 10.1 Å². The molecule has 12 heteroatoms. The average Bonchev–Trinajstić information content (AvgIpc) is 2.76. The van der Waals surface area contributed by atoms with Gasteiger partial charge in [-0.05, 0) is 58.7 Å². The van der Waals surface area contributed by atoms with Crippen molar-refractivity contribution in [3.63, 3.8) is 0 Å². The van der Waals surface area contributed by atoms with Crippen LogP contribution in [-0.4, -0.2) is 31.6 Å². The number of methoxy groups -OCH3 is 1. The minimum absolute atomic E-state index is 0.00443. The van der Waals surface area contributed by atoms with E-state index in [4.69, 9.17) is 8.92 Å². The SMILES string of the molecule is COc1cc(/C=N\Nc2ccc([N+](=O)[O-])cn2)cc(Br)c1OS(=O)(=O)c1ccc(C)cc1. The molecule has 0 fully saturated rings. The fourth-order valence-electron chi connectivity index (χ4n) is 2.49. The van der Waals surface area contributed by atoms with E-state index in [0.29, 0.717) is 15.9 Å². The van der Waals surface area contributed by atoms with Gasteiger partial charge in [-0.3, -0.25) is 15.5 Å². The Morgan fingerprint density at radius 1 is 1.19 bits per heavy atom. The molecule has 0 aliphatic heterocycles. The molecule has 2 aromatic carbocycles. The number of pyridine rings is 1. The van der Waals surface area contributed by atoms with Gasteiger partial charge in [0, 0.05) is 6.07 Å². The predicted octanol–water partition coefficient (Wildman–Crippen LogP) is 4.28. The first-order valence-electron chi connectivity index (χ1n) is 8.98. The fraction of sp³-hybridized carbons (Fsp3) is 0.100. The number of aryl methyl sites for hydroxylation is 1. The molecule has 1 N–H and O–H groups in total. The third-order valence-electron chi connectivity index (χ3n) is 4.11. The molecule has 32 heavy (non-hydrogen) atoms. The molecule has 0 aliphatic rings. The molecule has 1 heterocycles. The highest BCUT2D eigenvalue weighted by Crippen LogP contribution is 2.38. The topological polar surface area (TPSA) is 133 Å². The highest BCUT2D eigenvalue weighted by molar-refractivity contribution is 9.10. The molecule has 0 saturated carbocycles. The maximum atomic E-state index is 12.6. The summed E-state index contributed by atoms with van der Waals surface area (Å²) in [4.78, 5) is 14.0. The number of rotatable bonds is 8. The van der Waals surface area contributed by atoms with Gasteiger partial charge in [-0.1, -0.05) is 17.7 Å². The molecule has 166 valence electrons. The summed E-state index contributed by atoms with van der Waals surface area (Å²) in [6, 6.07) is 12.1. The standard InChI is InChI=1S/C20H17BrN4O6S/c1-13-3-6-16(7-4-13)32(28,29)31-20-17(21)9-14(10-18(20)30-2)11-23-24-19-8-5-15(12-22-19)25(26)27/h3-12H,1-2H3,(H,22,24)/b23-11-. The van der Waals surface area contributed by atoms with E-state index in [1.807, 2.05) is 6.92 Å². The number of nitro groups is 1. The smallest absolute Gasteiger partial charge is 0.339 e. The third kappa shape index (κ3) is 5.59. The summed E-state index contributed by atoms with van der Waals surface area (Å²) >= 11 is 3.31. The van der Waals surface area contributed by atoms with Crippen molar-refractivity contribution in [1.82, 2.24) is 4.98 Å². The molecule has 0 unspecified atom stereocenters. The lowest BCUT2D eigenvalue weighted by Crippen LogP contribution is -2.11. The number of hydrogen-bond donors (Lipinski definition) is 1. The van der Waals surface area contributed by atoms with E-state index >= 15 is 0 Å². The molecule has 0 aliphatic carbocycles. The minimum atomic E-state index is -4.07. The van der Waals surface area contributed by atoms with E-state index < -0.39 is 15.0 Å². The number of nitrogens with one attached hydrogen (secondary N) is 1. The maximum absolute atomic E-state index is 12.6. The average molecular weight is 521 g/mol. The van der Waals surface area contributed by atoms with Gasteiger partial charge in [0.25, 0.3) is 5.69 Å². The minimum Gasteiger partial charge on any atom is -0.493 e. The van der Waals surface area contributed by atoms with Crippen LogP contribution in [0.3, 0.4) is 0 Å². The first-order chi connectivity index (χ1) is 15.2. The molecule has 0 bridgehead atoms. The van der Waals surface area contributed by atoms with Gasteiger partial charge in [0.1, 0.15) is 16.9 Å². The molecule has 3 aromatic rings. The molecule has 10 nitrogen and oxygen atoms in total. The Morgan fingerprint density at radius 2 is 1.91 bits per heavy atom. The number of ether oxygens (including phenoxy) is 1. The lowest BCUT2D eigenvalue weighted by molar-refractivity contribution is -0.385. The van der Waals surface area contributed by atoms with E-state index in [0.717, 1.165) is 11.8 Å². The maximum Gasteiger partial charge on any atom is 0.339 e. The molecule has 0 radical (unpaired) electrons. The lowest BCUT2D eigenvalue weighted by atomic mass is 10.2. The van der Waals surface area contributed by atoms with Gasteiger partial charge in [0.15, 0.2) is 11.5 Å². The van der Waals surface area contributed by atoms with Crippen LogP contribution in [0, 0.1) is 17.0 Å². The Morgan fingerprint density at radius 3 is 2.50 bits per heavy atom. The van der Waals surface area contributed by atoms with E-state index in [1.54, 1.807) is 24.3 Å². The van der Waals surface area contributed by atoms with Crippen molar-refractivity contribution in [3.05, 3.63) is 80.4 Å². The van der Waals surface area contributed by atoms with E-state index in [-0.39, 0.29) is 22.1 Å². The van der Waals surface area contributed by atoms with Crippen LogP contribution in [0.25, 0.3) is 0 Å². The summed E-state index contributed by atoms with van der Waals surface area (Å²) in [5.41, 5.74) is 3.99. The van der Waals surface area contributed by atoms with Gasteiger partial charge in [-0.2, -0.15) is 13.5 Å². The molecule has 0 amide bonds. The van der Waals surface area contributed by atoms with Crippen molar-refractivity contribution in [3.8, 4) is 11.5 Å². The van der Waals surface area contributed by atoms with Gasteiger partial charge in [-0.25, -0.2) is 4.98 Å². The second-order valence-electron chi connectivity index (χ2n) is 6.41. The Hall–Kier alpha value is -3.51. The largest absolute Gasteiger partial charge is 0.493 e. The second-order valence-corrected chi connectivity index (χ2v) is 8.81. The van der Waals surface area contributed by atoms with Crippen LogP contribution in [0.2, 0.25) is 0 Å². The quantitative estimate of drug-likeness (QED) is 0.201. The summed E-state index contributed by atoms with van der Waals surface area (Å²) in [6.07, 6.45) is 2.55. The molecule has 0 saturated heterocycles. The number of nitrogens with zero attached hydrogens (tertiary/aromatic N) is 3. The normalized spacial score (nSPS) is 11.3. The molecule has 0 atom stereocenters. The summed E-state index contributed by atoms with van der Waals surface area (Å²) in [5, 5.41) is 14.7. The van der Waals surface area contributed by atoms with Gasteiger partial charge >= 0.3 is 10.1 Å². The van der Waals surface area contributed by atoms with E-state index in [2.05, 4.69) is 31.4 Å². The zero-order chi connectivity index (χ0) is 23.3. The van der Waals surface area contributed by atoms with Crippen molar-refractivity contribution in [2.24, 2.45) is 5.10 Å². The van der Waals surface area contributed by atoms with Crippen LogP contribution in [0.4, 0.5) is 11.5 Å². The summed E-state index contributed by atoms with van der Waals surface area (Å²) in [7, 11) is -2.69. The Labute approximate surface area is 192 Å². The highest BCUT2D eigenvalue weighted by atomic mass is 79.9. The number of aromatic nitrogens is 1. The number of halogens is 1. The van der Waals surface area contributed by atoms with Crippen molar-refractivity contribution in [1.29, 1.82) is 0 Å². The van der Waals surface area contributed by atoms with Crippen LogP contribution in [0.5, 0.6) is 11.5 Å². The fourth-order valence-corrected chi connectivity index (χ4v) is 4.10. The Bertz CT molecular complexity index is 1260. The number of benzene rings is 2. The van der Waals surface area contributed by atoms with Gasteiger partial charge in [0.2, 0.25) is 0 Å². The second kappa shape index (κ2) is 9.75. The Balaban J connectivity index is 1.79. The molecule has 0 spiro atoms. The molecule has 3 rings (SSSR count). The monoisotopic (exact) mass is 520 g/mol. The molecule has 1 aromatic heterocycles. The van der Waals surface area contributed by atoms with Gasteiger partial charge in [0.05, 0.1) is 22.7 Å². The zero-order valence-electron chi connectivity index (χ0n) is 16.9. The Kier molecular flexibility index (Phi) is 7.05. The summed E-state index contributed by atoms with van der Waals surface area (Å²) in [5.74, 6) is 0.474. The highest BCUT2D eigenvalue weighted by Gasteiger charge is 2.21. The van der Waals surface area contributed by atoms with Gasteiger partial charge < -0.3 is 8.92 Å². The van der Waals surface area contributed by atoms with E-state index in [9.17, 15) is 18.5 Å². The first-order valence-corrected chi connectivity index (χ1v) is 11.2. The van der Waals surface area contributed by atoms with Crippen LogP contribution in [0.15, 0.2) is 69.2 Å². The van der Waals surface area contributed by atoms with Crippen LogP contribution < -0.4 is 14.3 Å². The van der Waals surface area contributed by atoms with Crippen molar-refractivity contribution >= 4 is 43.8 Å². The van der Waals surface area contributed by atoms with E-state index in [1.165, 1.54) is 37.6 Å². The number of anilines is 1. The van der Waals surface area contributed by atoms with Crippen molar-refractivity contribution in [2.45, 2.75) is 11.8 Å². The first kappa shape index (κ1) is 23.2. The van der Waals surface area contributed by atoms with Crippen molar-refractivity contribution in [2.75, 3.05) is 12.5 Å². The van der Waals surface area contributed by atoms with Gasteiger partial charge in [-0.15, -0.1) is 0 Å². The van der Waals surface area contributed by atoms with Crippen LogP contribution in [0.1, 0.15) is 11.1 Å².